The van der Waals surface area contributed by atoms with Gasteiger partial charge in [0.25, 0.3) is 0 Å². The van der Waals surface area contributed by atoms with E-state index < -0.39 is 0 Å². The quantitative estimate of drug-likeness (QED) is 0.466. The van der Waals surface area contributed by atoms with Crippen molar-refractivity contribution in [2.24, 2.45) is 0 Å². The van der Waals surface area contributed by atoms with Gasteiger partial charge in [-0.3, -0.25) is 9.58 Å². The molecule has 3 aromatic rings. The van der Waals surface area contributed by atoms with E-state index in [4.69, 9.17) is 16.7 Å². The van der Waals surface area contributed by atoms with Crippen LogP contribution in [-0.2, 0) is 12.0 Å². The van der Waals surface area contributed by atoms with Gasteiger partial charge in [-0.25, -0.2) is 4.39 Å². The summed E-state index contributed by atoms with van der Waals surface area (Å²) in [4.78, 5) is 4.96. The summed E-state index contributed by atoms with van der Waals surface area (Å²) >= 11 is 6.01. The zero-order valence-corrected chi connectivity index (χ0v) is 19.9. The maximum atomic E-state index is 13.4. The molecule has 0 amide bonds. The van der Waals surface area contributed by atoms with Crippen LogP contribution in [0, 0.1) is 5.82 Å². The Bertz CT molecular complexity index is 1010. The summed E-state index contributed by atoms with van der Waals surface area (Å²) in [6, 6.07) is 17.0. The number of aryl methyl sites for hydroxylation is 1. The van der Waals surface area contributed by atoms with Crippen molar-refractivity contribution in [3.63, 3.8) is 0 Å². The summed E-state index contributed by atoms with van der Waals surface area (Å²) in [5.41, 5.74) is 4.25. The first kappa shape index (κ1) is 22.8. The molecule has 170 valence electrons. The van der Waals surface area contributed by atoms with Crippen molar-refractivity contribution in [3.8, 4) is 11.3 Å². The molecule has 0 radical (unpaired) electrons. The van der Waals surface area contributed by atoms with Gasteiger partial charge in [0, 0.05) is 42.5 Å². The fourth-order valence-electron chi connectivity index (χ4n) is 4.26. The molecule has 2 heterocycles. The van der Waals surface area contributed by atoms with E-state index in [1.807, 2.05) is 24.3 Å². The minimum absolute atomic E-state index is 0.139. The van der Waals surface area contributed by atoms with Crippen molar-refractivity contribution >= 4 is 17.3 Å². The van der Waals surface area contributed by atoms with Gasteiger partial charge in [-0.1, -0.05) is 11.6 Å². The van der Waals surface area contributed by atoms with E-state index in [0.29, 0.717) is 0 Å². The number of aromatic nitrogens is 2. The minimum Gasteiger partial charge on any atom is -0.369 e. The van der Waals surface area contributed by atoms with Crippen LogP contribution in [0.25, 0.3) is 11.3 Å². The molecule has 0 saturated carbocycles. The monoisotopic (exact) mass is 454 g/mol. The van der Waals surface area contributed by atoms with Crippen molar-refractivity contribution < 1.29 is 4.39 Å². The summed E-state index contributed by atoms with van der Waals surface area (Å²) < 4.78 is 15.5. The number of halogens is 2. The number of benzene rings is 2. The van der Waals surface area contributed by atoms with Gasteiger partial charge in [-0.2, -0.15) is 5.10 Å². The van der Waals surface area contributed by atoms with E-state index >= 15 is 0 Å². The zero-order chi connectivity index (χ0) is 22.7. The lowest BCUT2D eigenvalue weighted by molar-refractivity contribution is 0.254. The van der Waals surface area contributed by atoms with Gasteiger partial charge in [0.2, 0.25) is 0 Å². The third-order valence-electron chi connectivity index (χ3n) is 6.01. The van der Waals surface area contributed by atoms with Crippen LogP contribution in [0.1, 0.15) is 32.9 Å². The average molecular weight is 455 g/mol. The van der Waals surface area contributed by atoms with Crippen LogP contribution >= 0.6 is 11.6 Å². The van der Waals surface area contributed by atoms with Crippen LogP contribution in [0.2, 0.25) is 5.02 Å². The molecule has 32 heavy (non-hydrogen) atoms. The van der Waals surface area contributed by atoms with Gasteiger partial charge >= 0.3 is 0 Å². The van der Waals surface area contributed by atoms with E-state index in [2.05, 4.69) is 53.5 Å². The molecule has 0 aliphatic carbocycles. The molecular formula is C26H32ClFN4. The van der Waals surface area contributed by atoms with Gasteiger partial charge in [0.15, 0.2) is 0 Å². The molecule has 1 saturated heterocycles. The summed E-state index contributed by atoms with van der Waals surface area (Å²) in [6.07, 6.45) is 2.01. The van der Waals surface area contributed by atoms with Crippen LogP contribution in [0.4, 0.5) is 10.1 Å². The topological polar surface area (TPSA) is 24.3 Å². The Morgan fingerprint density at radius 1 is 0.938 bits per heavy atom. The van der Waals surface area contributed by atoms with E-state index in [-0.39, 0.29) is 11.4 Å². The highest BCUT2D eigenvalue weighted by atomic mass is 35.5. The first-order valence-corrected chi connectivity index (χ1v) is 11.8. The molecular weight excluding hydrogens is 423 g/mol. The molecule has 1 fully saturated rings. The molecule has 0 atom stereocenters. The molecule has 1 aliphatic rings. The highest BCUT2D eigenvalue weighted by Crippen LogP contribution is 2.27. The van der Waals surface area contributed by atoms with E-state index in [9.17, 15) is 4.39 Å². The lowest BCUT2D eigenvalue weighted by Crippen LogP contribution is -2.46. The average Bonchev–Trinajstić information content (AvgIpc) is 3.20. The molecule has 2 aromatic carbocycles. The SMILES string of the molecule is CC(C)(C)n1nc(CCCN2CCN(c3ccc(Cl)cc3)CC2)cc1-c1ccc(F)cc1. The summed E-state index contributed by atoms with van der Waals surface area (Å²) in [5, 5.41) is 5.69. The van der Waals surface area contributed by atoms with Gasteiger partial charge in [-0.05, 0) is 94.8 Å². The first-order valence-electron chi connectivity index (χ1n) is 11.4. The maximum absolute atomic E-state index is 13.4. The highest BCUT2D eigenvalue weighted by molar-refractivity contribution is 6.30. The molecule has 0 bridgehead atoms. The second-order valence-electron chi connectivity index (χ2n) is 9.52. The number of rotatable bonds is 6. The minimum atomic E-state index is -0.216. The summed E-state index contributed by atoms with van der Waals surface area (Å²) in [7, 11) is 0. The van der Waals surface area contributed by atoms with Crippen molar-refractivity contribution in [3.05, 3.63) is 71.1 Å². The number of hydrogen-bond donors (Lipinski definition) is 0. The molecule has 0 N–H and O–H groups in total. The fourth-order valence-corrected chi connectivity index (χ4v) is 4.38. The van der Waals surface area contributed by atoms with Crippen molar-refractivity contribution in [2.75, 3.05) is 37.6 Å². The van der Waals surface area contributed by atoms with Crippen LogP contribution in [0.5, 0.6) is 0 Å². The number of hydrogen-bond acceptors (Lipinski definition) is 3. The molecule has 1 aliphatic heterocycles. The third kappa shape index (κ3) is 5.51. The molecule has 0 spiro atoms. The number of nitrogens with zero attached hydrogens (tertiary/aromatic N) is 4. The molecule has 4 nitrogen and oxygen atoms in total. The van der Waals surface area contributed by atoms with Crippen LogP contribution in [0.3, 0.4) is 0 Å². The molecule has 1 aromatic heterocycles. The normalized spacial score (nSPS) is 15.3. The highest BCUT2D eigenvalue weighted by Gasteiger charge is 2.21. The van der Waals surface area contributed by atoms with Gasteiger partial charge in [0.05, 0.1) is 16.9 Å². The molecule has 4 rings (SSSR count). The lowest BCUT2D eigenvalue weighted by atomic mass is 10.1. The Hall–Kier alpha value is -2.37. The Morgan fingerprint density at radius 2 is 1.59 bits per heavy atom. The van der Waals surface area contributed by atoms with Crippen molar-refractivity contribution in [1.82, 2.24) is 14.7 Å². The smallest absolute Gasteiger partial charge is 0.123 e. The van der Waals surface area contributed by atoms with Crippen molar-refractivity contribution in [2.45, 2.75) is 39.2 Å². The van der Waals surface area contributed by atoms with Crippen LogP contribution in [-0.4, -0.2) is 47.4 Å². The Morgan fingerprint density at radius 3 is 2.22 bits per heavy atom. The predicted octanol–water partition coefficient (Wildman–Crippen LogP) is 5.85. The van der Waals surface area contributed by atoms with Crippen molar-refractivity contribution in [1.29, 1.82) is 0 Å². The van der Waals surface area contributed by atoms with E-state index in [1.54, 1.807) is 0 Å². The van der Waals surface area contributed by atoms with Crippen LogP contribution < -0.4 is 4.90 Å². The maximum Gasteiger partial charge on any atom is 0.123 e. The summed E-state index contributed by atoms with van der Waals surface area (Å²) in [6.45, 7) is 11.7. The predicted molar refractivity (Wildman–Crippen MR) is 131 cm³/mol. The van der Waals surface area contributed by atoms with Gasteiger partial charge < -0.3 is 4.90 Å². The van der Waals surface area contributed by atoms with Gasteiger partial charge in [-0.15, -0.1) is 0 Å². The van der Waals surface area contributed by atoms with E-state index in [1.165, 1.54) is 17.8 Å². The largest absolute Gasteiger partial charge is 0.369 e. The van der Waals surface area contributed by atoms with Crippen LogP contribution in [0.15, 0.2) is 54.6 Å². The lowest BCUT2D eigenvalue weighted by Gasteiger charge is -2.36. The Balaban J connectivity index is 1.33. The molecule has 6 heteroatoms. The second-order valence-corrected chi connectivity index (χ2v) is 9.96. The zero-order valence-electron chi connectivity index (χ0n) is 19.2. The van der Waals surface area contributed by atoms with Gasteiger partial charge in [0.1, 0.15) is 5.82 Å². The number of piperazine rings is 1. The van der Waals surface area contributed by atoms with E-state index in [0.717, 1.165) is 67.5 Å². The molecule has 0 unspecified atom stereocenters. The third-order valence-corrected chi connectivity index (χ3v) is 6.26. The first-order chi connectivity index (χ1) is 15.3. The number of anilines is 1. The standard InChI is InChI=1S/C26H32ClFN4/c1-26(2,3)32-25(20-6-10-22(28)11-7-20)19-23(29-32)5-4-14-30-15-17-31(18-16-30)24-12-8-21(27)9-13-24/h6-13,19H,4-5,14-18H2,1-3H3. The Kier molecular flexibility index (Phi) is 6.87. The Labute approximate surface area is 195 Å². The summed E-state index contributed by atoms with van der Waals surface area (Å²) in [5.74, 6) is -0.216. The second kappa shape index (κ2) is 9.63. The fraction of sp³-hybridized carbons (Fsp3) is 0.423.